The predicted molar refractivity (Wildman–Crippen MR) is 83.9 cm³/mol. The van der Waals surface area contributed by atoms with Gasteiger partial charge in [-0.05, 0) is 44.7 Å². The summed E-state index contributed by atoms with van der Waals surface area (Å²) in [6.07, 6.45) is 7.53. The van der Waals surface area contributed by atoms with Gasteiger partial charge in [0, 0.05) is 19.0 Å². The van der Waals surface area contributed by atoms with E-state index < -0.39 is 0 Å². The zero-order valence-corrected chi connectivity index (χ0v) is 13.5. The number of hydrogen-bond acceptors (Lipinski definition) is 4. The molecule has 0 bridgehead atoms. The van der Waals surface area contributed by atoms with Crippen LogP contribution in [0.4, 0.5) is 0 Å². The predicted octanol–water partition coefficient (Wildman–Crippen LogP) is 2.03. The first-order chi connectivity index (χ1) is 10.2. The van der Waals surface area contributed by atoms with Crippen molar-refractivity contribution in [3.63, 3.8) is 0 Å². The molecule has 1 aliphatic heterocycles. The molecule has 5 nitrogen and oxygen atoms in total. The highest BCUT2D eigenvalue weighted by molar-refractivity contribution is 5.08. The van der Waals surface area contributed by atoms with Gasteiger partial charge < -0.3 is 10.3 Å². The van der Waals surface area contributed by atoms with Crippen LogP contribution < -0.4 is 5.73 Å². The van der Waals surface area contributed by atoms with Crippen molar-refractivity contribution in [2.75, 3.05) is 13.1 Å². The molecule has 1 saturated heterocycles. The molecule has 5 heteroatoms. The number of aromatic nitrogens is 3. The smallest absolute Gasteiger partial charge is 0.146 e. The van der Waals surface area contributed by atoms with E-state index in [1.54, 1.807) is 0 Å². The van der Waals surface area contributed by atoms with E-state index in [0.717, 1.165) is 37.0 Å². The molecular formula is C16H29N5. The van der Waals surface area contributed by atoms with E-state index in [4.69, 9.17) is 5.73 Å². The number of rotatable bonds is 5. The Labute approximate surface area is 127 Å². The lowest BCUT2D eigenvalue weighted by molar-refractivity contribution is 0.167. The van der Waals surface area contributed by atoms with E-state index >= 15 is 0 Å². The van der Waals surface area contributed by atoms with Crippen molar-refractivity contribution in [1.29, 1.82) is 0 Å². The molecule has 2 N–H and O–H groups in total. The molecule has 0 atom stereocenters. The molecule has 1 saturated carbocycles. The Balaban J connectivity index is 1.54. The van der Waals surface area contributed by atoms with E-state index in [9.17, 15) is 0 Å². The first-order valence-electron chi connectivity index (χ1n) is 8.53. The van der Waals surface area contributed by atoms with Gasteiger partial charge in [0.2, 0.25) is 0 Å². The number of hydrogen-bond donors (Lipinski definition) is 1. The zero-order valence-electron chi connectivity index (χ0n) is 13.5. The average molecular weight is 291 g/mol. The Kier molecular flexibility index (Phi) is 4.60. The Morgan fingerprint density at radius 1 is 1.19 bits per heavy atom. The number of likely N-dealkylation sites (tertiary alicyclic amines) is 1. The van der Waals surface area contributed by atoms with E-state index in [1.807, 2.05) is 0 Å². The van der Waals surface area contributed by atoms with Crippen molar-refractivity contribution in [2.24, 2.45) is 18.7 Å². The molecule has 1 aromatic rings. The maximum atomic E-state index is 5.88. The van der Waals surface area contributed by atoms with Gasteiger partial charge in [-0.25, -0.2) is 0 Å². The molecule has 2 heterocycles. The monoisotopic (exact) mass is 291 g/mol. The lowest BCUT2D eigenvalue weighted by atomic mass is 9.80. The van der Waals surface area contributed by atoms with Crippen molar-refractivity contribution in [3.05, 3.63) is 11.6 Å². The largest absolute Gasteiger partial charge is 0.328 e. The number of nitrogens with zero attached hydrogens (tertiary/aromatic N) is 4. The van der Waals surface area contributed by atoms with Gasteiger partial charge in [-0.2, -0.15) is 0 Å². The number of nitrogens with two attached hydrogens (primary N) is 1. The Morgan fingerprint density at radius 3 is 2.52 bits per heavy atom. The molecule has 0 aromatic carbocycles. The van der Waals surface area contributed by atoms with Gasteiger partial charge in [-0.1, -0.05) is 19.8 Å². The highest BCUT2D eigenvalue weighted by Crippen LogP contribution is 2.34. The van der Waals surface area contributed by atoms with Crippen LogP contribution in [0.1, 0.15) is 63.0 Å². The summed E-state index contributed by atoms with van der Waals surface area (Å²) in [6, 6.07) is 0.368. The Bertz CT molecular complexity index is 455. The van der Waals surface area contributed by atoms with Gasteiger partial charge in [-0.3, -0.25) is 4.90 Å². The van der Waals surface area contributed by atoms with Crippen LogP contribution in [-0.4, -0.2) is 38.8 Å². The summed E-state index contributed by atoms with van der Waals surface area (Å²) in [7, 11) is 2.11. The summed E-state index contributed by atoms with van der Waals surface area (Å²) < 4.78 is 2.20. The molecule has 0 radical (unpaired) electrons. The SMILES string of the molecule is CCCC1CCN(Cc2nnc(C3CC(N)C3)n2C)CC1. The van der Waals surface area contributed by atoms with Crippen LogP contribution in [-0.2, 0) is 13.6 Å². The van der Waals surface area contributed by atoms with Crippen LogP contribution in [0.3, 0.4) is 0 Å². The molecular weight excluding hydrogens is 262 g/mol. The zero-order chi connectivity index (χ0) is 14.8. The van der Waals surface area contributed by atoms with Gasteiger partial charge in [0.1, 0.15) is 11.6 Å². The van der Waals surface area contributed by atoms with E-state index in [-0.39, 0.29) is 0 Å². The normalized spacial score (nSPS) is 27.8. The van der Waals surface area contributed by atoms with Crippen molar-refractivity contribution < 1.29 is 0 Å². The highest BCUT2D eigenvalue weighted by atomic mass is 15.3. The first-order valence-corrected chi connectivity index (χ1v) is 8.53. The molecule has 0 amide bonds. The van der Waals surface area contributed by atoms with Crippen LogP contribution in [0.5, 0.6) is 0 Å². The van der Waals surface area contributed by atoms with Crippen LogP contribution in [0, 0.1) is 5.92 Å². The van der Waals surface area contributed by atoms with Gasteiger partial charge in [-0.15, -0.1) is 10.2 Å². The fourth-order valence-corrected chi connectivity index (χ4v) is 3.78. The van der Waals surface area contributed by atoms with E-state index in [1.165, 1.54) is 38.8 Å². The van der Waals surface area contributed by atoms with Crippen LogP contribution in [0.15, 0.2) is 0 Å². The van der Waals surface area contributed by atoms with Crippen molar-refractivity contribution in [2.45, 2.75) is 64.0 Å². The second kappa shape index (κ2) is 6.44. The molecule has 0 unspecified atom stereocenters. The minimum absolute atomic E-state index is 0.368. The summed E-state index contributed by atoms with van der Waals surface area (Å²) in [5, 5.41) is 8.84. The molecule has 118 valence electrons. The van der Waals surface area contributed by atoms with Crippen LogP contribution >= 0.6 is 0 Å². The van der Waals surface area contributed by atoms with Gasteiger partial charge in [0.15, 0.2) is 0 Å². The lowest BCUT2D eigenvalue weighted by Gasteiger charge is -2.32. The third kappa shape index (κ3) is 3.29. The lowest BCUT2D eigenvalue weighted by Crippen LogP contribution is -2.36. The van der Waals surface area contributed by atoms with Crippen LogP contribution in [0.2, 0.25) is 0 Å². The molecule has 1 aromatic heterocycles. The molecule has 2 fully saturated rings. The average Bonchev–Trinajstić information content (AvgIpc) is 2.79. The maximum absolute atomic E-state index is 5.88. The summed E-state index contributed by atoms with van der Waals surface area (Å²) >= 11 is 0. The molecule has 3 rings (SSSR count). The summed E-state index contributed by atoms with van der Waals surface area (Å²) in [6.45, 7) is 5.66. The maximum Gasteiger partial charge on any atom is 0.146 e. The highest BCUT2D eigenvalue weighted by Gasteiger charge is 2.31. The molecule has 2 aliphatic rings. The van der Waals surface area contributed by atoms with E-state index in [2.05, 4.69) is 33.6 Å². The summed E-state index contributed by atoms with van der Waals surface area (Å²) in [4.78, 5) is 2.53. The number of piperidine rings is 1. The fourth-order valence-electron chi connectivity index (χ4n) is 3.78. The van der Waals surface area contributed by atoms with Crippen LogP contribution in [0.25, 0.3) is 0 Å². The topological polar surface area (TPSA) is 60.0 Å². The third-order valence-corrected chi connectivity index (χ3v) is 5.31. The Hall–Kier alpha value is -0.940. The second-order valence-electron chi connectivity index (χ2n) is 6.97. The van der Waals surface area contributed by atoms with Crippen molar-refractivity contribution >= 4 is 0 Å². The minimum Gasteiger partial charge on any atom is -0.328 e. The summed E-state index contributed by atoms with van der Waals surface area (Å²) in [5.74, 6) is 3.71. The molecule has 21 heavy (non-hydrogen) atoms. The first kappa shape index (κ1) is 15.0. The standard InChI is InChI=1S/C16H29N5/c1-3-4-12-5-7-21(8-6-12)11-15-18-19-16(20(15)2)13-9-14(17)10-13/h12-14H,3-11,17H2,1-2H3. The molecule has 1 aliphatic carbocycles. The van der Waals surface area contributed by atoms with Gasteiger partial charge in [0.05, 0.1) is 6.54 Å². The van der Waals surface area contributed by atoms with Gasteiger partial charge >= 0.3 is 0 Å². The van der Waals surface area contributed by atoms with E-state index in [0.29, 0.717) is 12.0 Å². The molecule has 0 spiro atoms. The quantitative estimate of drug-likeness (QED) is 0.902. The minimum atomic E-state index is 0.368. The Morgan fingerprint density at radius 2 is 1.90 bits per heavy atom. The summed E-state index contributed by atoms with van der Waals surface area (Å²) in [5.41, 5.74) is 5.88. The van der Waals surface area contributed by atoms with Crippen molar-refractivity contribution in [1.82, 2.24) is 19.7 Å². The second-order valence-corrected chi connectivity index (χ2v) is 6.97. The van der Waals surface area contributed by atoms with Gasteiger partial charge in [0.25, 0.3) is 0 Å². The van der Waals surface area contributed by atoms with Crippen molar-refractivity contribution in [3.8, 4) is 0 Å². The fraction of sp³-hybridized carbons (Fsp3) is 0.875. The third-order valence-electron chi connectivity index (χ3n) is 5.31.